The van der Waals surface area contributed by atoms with Crippen LogP contribution in [0.3, 0.4) is 0 Å². The molecule has 6 nitrogen and oxygen atoms in total. The van der Waals surface area contributed by atoms with Crippen LogP contribution >= 0.6 is 22.7 Å². The number of thiophene rings is 1. The molecule has 0 unspecified atom stereocenters. The molecule has 0 bridgehead atoms. The average Bonchev–Trinajstić information content (AvgIpc) is 3.26. The molecule has 4 rings (SSSR count). The van der Waals surface area contributed by atoms with Gasteiger partial charge >= 0.3 is 4.87 Å². The Morgan fingerprint density at radius 1 is 1.00 bits per heavy atom. The number of amides is 2. The maximum Gasteiger partial charge on any atom is 0.305 e. The number of benzene rings is 1. The summed E-state index contributed by atoms with van der Waals surface area (Å²) in [5, 5.41) is 2.62. The van der Waals surface area contributed by atoms with E-state index in [-0.39, 0.29) is 16.7 Å². The third-order valence-corrected chi connectivity index (χ3v) is 6.02. The van der Waals surface area contributed by atoms with Crippen molar-refractivity contribution in [2.24, 2.45) is 0 Å². The van der Waals surface area contributed by atoms with Gasteiger partial charge in [-0.05, 0) is 17.5 Å². The highest BCUT2D eigenvalue weighted by Crippen LogP contribution is 2.26. The van der Waals surface area contributed by atoms with Gasteiger partial charge in [0.25, 0.3) is 11.8 Å². The average molecular weight is 373 g/mol. The first-order valence-electron chi connectivity index (χ1n) is 7.87. The van der Waals surface area contributed by atoms with Gasteiger partial charge in [0.15, 0.2) is 0 Å². The Kier molecular flexibility index (Phi) is 4.14. The number of hydrogen-bond donors (Lipinski definition) is 1. The first-order chi connectivity index (χ1) is 12.1. The lowest BCUT2D eigenvalue weighted by molar-refractivity contribution is 0.0535. The van der Waals surface area contributed by atoms with Crippen molar-refractivity contribution < 1.29 is 9.59 Å². The molecule has 128 valence electrons. The molecule has 1 fully saturated rings. The molecule has 0 spiro atoms. The van der Waals surface area contributed by atoms with Crippen LogP contribution in [0.25, 0.3) is 10.1 Å². The van der Waals surface area contributed by atoms with Gasteiger partial charge in [-0.25, -0.2) is 0 Å². The maximum absolute atomic E-state index is 12.7. The zero-order valence-electron chi connectivity index (χ0n) is 13.2. The van der Waals surface area contributed by atoms with Gasteiger partial charge in [0.2, 0.25) is 0 Å². The zero-order chi connectivity index (χ0) is 17.4. The summed E-state index contributed by atoms with van der Waals surface area (Å²) in [4.78, 5) is 42.7. The van der Waals surface area contributed by atoms with Crippen LogP contribution in [0, 0.1) is 0 Å². The van der Waals surface area contributed by atoms with Crippen LogP contribution in [-0.2, 0) is 0 Å². The van der Waals surface area contributed by atoms with Crippen molar-refractivity contribution in [3.05, 3.63) is 56.0 Å². The van der Waals surface area contributed by atoms with Crippen molar-refractivity contribution in [1.29, 1.82) is 0 Å². The summed E-state index contributed by atoms with van der Waals surface area (Å²) in [6.45, 7) is 1.92. The van der Waals surface area contributed by atoms with E-state index in [0.717, 1.165) is 26.3 Å². The Morgan fingerprint density at radius 2 is 1.68 bits per heavy atom. The second-order valence-corrected chi connectivity index (χ2v) is 7.72. The van der Waals surface area contributed by atoms with E-state index in [0.29, 0.717) is 31.9 Å². The minimum atomic E-state index is -0.234. The summed E-state index contributed by atoms with van der Waals surface area (Å²) < 4.78 is 1.10. The van der Waals surface area contributed by atoms with Crippen LogP contribution in [0.2, 0.25) is 0 Å². The van der Waals surface area contributed by atoms with Gasteiger partial charge in [-0.3, -0.25) is 14.4 Å². The quantitative estimate of drug-likeness (QED) is 0.749. The lowest BCUT2D eigenvalue weighted by atomic mass is 10.2. The topological polar surface area (TPSA) is 73.5 Å². The van der Waals surface area contributed by atoms with Crippen LogP contribution in [0.4, 0.5) is 0 Å². The Labute approximate surface area is 151 Å². The number of carbonyl (C=O) groups excluding carboxylic acids is 2. The van der Waals surface area contributed by atoms with E-state index in [1.165, 1.54) is 11.3 Å². The Hall–Kier alpha value is -2.45. The summed E-state index contributed by atoms with van der Waals surface area (Å²) in [5.74, 6) is -0.176. The zero-order valence-corrected chi connectivity index (χ0v) is 14.9. The number of aromatic nitrogens is 1. The highest BCUT2D eigenvalue weighted by Gasteiger charge is 2.27. The second-order valence-electron chi connectivity index (χ2n) is 5.79. The smallest absolute Gasteiger partial charge is 0.305 e. The maximum atomic E-state index is 12.7. The molecule has 1 N–H and O–H groups in total. The van der Waals surface area contributed by atoms with Gasteiger partial charge in [-0.2, -0.15) is 0 Å². The molecular formula is C17H15N3O3S2. The monoisotopic (exact) mass is 373 g/mol. The molecule has 1 aliphatic rings. The van der Waals surface area contributed by atoms with E-state index in [4.69, 9.17) is 0 Å². The van der Waals surface area contributed by atoms with Gasteiger partial charge in [0.1, 0.15) is 5.69 Å². The van der Waals surface area contributed by atoms with E-state index in [1.54, 1.807) is 15.2 Å². The molecule has 3 aromatic rings. The van der Waals surface area contributed by atoms with Crippen LogP contribution in [0.1, 0.15) is 20.2 Å². The Balaban J connectivity index is 1.43. The van der Waals surface area contributed by atoms with E-state index in [2.05, 4.69) is 4.98 Å². The number of nitrogens with one attached hydrogen (secondary N) is 1. The fourth-order valence-corrected chi connectivity index (χ4v) is 4.50. The second kappa shape index (κ2) is 6.45. The highest BCUT2D eigenvalue weighted by atomic mass is 32.1. The summed E-state index contributed by atoms with van der Waals surface area (Å²) >= 11 is 2.48. The number of fused-ring (bicyclic) bond motifs is 1. The molecule has 1 aromatic carbocycles. The molecule has 3 heterocycles. The molecular weight excluding hydrogens is 358 g/mol. The van der Waals surface area contributed by atoms with Gasteiger partial charge in [-0.1, -0.05) is 29.5 Å². The SMILES string of the molecule is O=C(c1csc(=O)[nH]1)N1CCN(C(=O)c2cc3ccccc3s2)CC1. The summed E-state index contributed by atoms with van der Waals surface area (Å²) in [6, 6.07) is 9.86. The number of aromatic amines is 1. The number of H-pyrrole nitrogens is 1. The van der Waals surface area contributed by atoms with Crippen molar-refractivity contribution in [2.75, 3.05) is 26.2 Å². The van der Waals surface area contributed by atoms with Gasteiger partial charge in [-0.15, -0.1) is 11.3 Å². The van der Waals surface area contributed by atoms with Crippen LogP contribution in [-0.4, -0.2) is 52.8 Å². The molecule has 1 aliphatic heterocycles. The van der Waals surface area contributed by atoms with Crippen LogP contribution in [0.5, 0.6) is 0 Å². The first-order valence-corrected chi connectivity index (χ1v) is 9.56. The normalized spacial score (nSPS) is 14.9. The summed E-state index contributed by atoms with van der Waals surface area (Å²) in [7, 11) is 0. The van der Waals surface area contributed by atoms with Gasteiger partial charge in [0.05, 0.1) is 4.88 Å². The predicted molar refractivity (Wildman–Crippen MR) is 98.6 cm³/mol. The number of rotatable bonds is 2. The van der Waals surface area contributed by atoms with Gasteiger partial charge < -0.3 is 14.8 Å². The molecule has 0 radical (unpaired) electrons. The minimum absolute atomic E-state index is 0.0113. The lowest BCUT2D eigenvalue weighted by Gasteiger charge is -2.34. The molecule has 25 heavy (non-hydrogen) atoms. The summed E-state index contributed by atoms with van der Waals surface area (Å²) in [6.07, 6.45) is 0. The molecule has 0 saturated carbocycles. The largest absolute Gasteiger partial charge is 0.334 e. The first kappa shape index (κ1) is 16.0. The van der Waals surface area contributed by atoms with E-state index in [1.807, 2.05) is 30.3 Å². The minimum Gasteiger partial charge on any atom is -0.334 e. The van der Waals surface area contributed by atoms with Crippen molar-refractivity contribution in [2.45, 2.75) is 0 Å². The number of piperazine rings is 1. The van der Waals surface area contributed by atoms with Gasteiger partial charge in [0, 0.05) is 36.3 Å². The van der Waals surface area contributed by atoms with E-state index >= 15 is 0 Å². The third-order valence-electron chi connectivity index (χ3n) is 4.24. The fourth-order valence-electron chi connectivity index (χ4n) is 2.91. The Bertz CT molecular complexity index is 963. The number of hydrogen-bond acceptors (Lipinski definition) is 5. The lowest BCUT2D eigenvalue weighted by Crippen LogP contribution is -2.50. The van der Waals surface area contributed by atoms with Crippen molar-refractivity contribution in [1.82, 2.24) is 14.8 Å². The number of thiazole rings is 1. The van der Waals surface area contributed by atoms with E-state index < -0.39 is 0 Å². The highest BCUT2D eigenvalue weighted by molar-refractivity contribution is 7.20. The molecule has 2 amide bonds. The standard InChI is InChI=1S/C17H15N3O3S2/c21-15(12-10-24-17(23)18-12)19-5-7-20(8-6-19)16(22)14-9-11-3-1-2-4-13(11)25-14/h1-4,9-10H,5-8H2,(H,18,23). The van der Waals surface area contributed by atoms with E-state index in [9.17, 15) is 14.4 Å². The molecule has 8 heteroatoms. The van der Waals surface area contributed by atoms with Crippen molar-refractivity contribution in [3.8, 4) is 0 Å². The van der Waals surface area contributed by atoms with Crippen molar-refractivity contribution in [3.63, 3.8) is 0 Å². The van der Waals surface area contributed by atoms with Crippen molar-refractivity contribution >= 4 is 44.6 Å². The molecule has 0 atom stereocenters. The number of nitrogens with zero attached hydrogens (tertiary/aromatic N) is 2. The Morgan fingerprint density at radius 3 is 2.32 bits per heavy atom. The number of carbonyl (C=O) groups is 2. The van der Waals surface area contributed by atoms with Crippen LogP contribution < -0.4 is 4.87 Å². The molecule has 2 aromatic heterocycles. The predicted octanol–water partition coefficient (Wildman–Crippen LogP) is 2.25. The fraction of sp³-hybridized carbons (Fsp3) is 0.235. The molecule has 1 saturated heterocycles. The molecule has 0 aliphatic carbocycles. The van der Waals surface area contributed by atoms with Crippen LogP contribution in [0.15, 0.2) is 40.5 Å². The summed E-state index contributed by atoms with van der Waals surface area (Å²) in [5.41, 5.74) is 0.319. The third kappa shape index (κ3) is 3.10.